The molecule has 0 bridgehead atoms. The molecule has 1 aliphatic carbocycles. The Kier molecular flexibility index (Phi) is 4.70. The lowest BCUT2D eigenvalue weighted by Crippen LogP contribution is -2.41. The number of nitrogens with zero attached hydrogens (tertiary/aromatic N) is 1. The molecule has 1 aromatic carbocycles. The second-order valence-electron chi connectivity index (χ2n) is 5.53. The highest BCUT2D eigenvalue weighted by Crippen LogP contribution is 2.29. The number of benzene rings is 1. The average Bonchev–Trinajstić information content (AvgIpc) is 2.43. The van der Waals surface area contributed by atoms with Crippen molar-refractivity contribution in [3.05, 3.63) is 23.8 Å². The number of aryl methyl sites for hydroxylation is 1. The Labute approximate surface area is 122 Å². The lowest BCUT2D eigenvalue weighted by molar-refractivity contribution is 0.261. The summed E-state index contributed by atoms with van der Waals surface area (Å²) in [5.41, 5.74) is 7.01. The van der Waals surface area contributed by atoms with E-state index >= 15 is 0 Å². The van der Waals surface area contributed by atoms with E-state index in [0.717, 1.165) is 31.2 Å². The molecule has 0 aliphatic heterocycles. The number of nitrogen functional groups attached to an aromatic ring is 1. The van der Waals surface area contributed by atoms with Crippen molar-refractivity contribution < 1.29 is 8.42 Å². The average molecular weight is 296 g/mol. The van der Waals surface area contributed by atoms with Gasteiger partial charge in [-0.25, -0.2) is 8.42 Å². The Morgan fingerprint density at radius 3 is 2.50 bits per heavy atom. The highest BCUT2D eigenvalue weighted by Gasteiger charge is 2.32. The normalized spacial score (nSPS) is 17.6. The smallest absolute Gasteiger partial charge is 0.243 e. The molecule has 0 radical (unpaired) electrons. The molecule has 0 saturated heterocycles. The van der Waals surface area contributed by atoms with Crippen LogP contribution in [-0.4, -0.2) is 25.3 Å². The first-order valence-corrected chi connectivity index (χ1v) is 8.78. The number of anilines is 1. The van der Waals surface area contributed by atoms with Gasteiger partial charge in [0, 0.05) is 18.3 Å². The van der Waals surface area contributed by atoms with Gasteiger partial charge in [0.25, 0.3) is 0 Å². The van der Waals surface area contributed by atoms with Crippen LogP contribution in [0.15, 0.2) is 23.1 Å². The molecule has 112 valence electrons. The molecule has 20 heavy (non-hydrogen) atoms. The standard InChI is InChI=1S/C15H24N2O2S/c1-3-17(14-7-5-4-6-8-14)20(18,19)15-11-13(16)10-9-12(15)2/h9-11,14H,3-8,16H2,1-2H3. The van der Waals surface area contributed by atoms with Crippen LogP contribution in [0.1, 0.15) is 44.6 Å². The van der Waals surface area contributed by atoms with E-state index in [2.05, 4.69) is 0 Å². The fourth-order valence-corrected chi connectivity index (χ4v) is 4.97. The minimum atomic E-state index is -3.45. The number of hydrogen-bond donors (Lipinski definition) is 1. The van der Waals surface area contributed by atoms with Crippen LogP contribution in [-0.2, 0) is 10.0 Å². The van der Waals surface area contributed by atoms with Crippen molar-refractivity contribution in [3.8, 4) is 0 Å². The maximum absolute atomic E-state index is 12.9. The molecule has 5 heteroatoms. The van der Waals surface area contributed by atoms with Crippen molar-refractivity contribution in [1.29, 1.82) is 0 Å². The molecule has 4 nitrogen and oxygen atoms in total. The lowest BCUT2D eigenvalue weighted by atomic mass is 9.95. The zero-order valence-electron chi connectivity index (χ0n) is 12.3. The SMILES string of the molecule is CCN(C1CCCCC1)S(=O)(=O)c1cc(N)ccc1C. The van der Waals surface area contributed by atoms with Crippen LogP contribution in [0.4, 0.5) is 5.69 Å². The Morgan fingerprint density at radius 1 is 1.25 bits per heavy atom. The maximum atomic E-state index is 12.9. The highest BCUT2D eigenvalue weighted by atomic mass is 32.2. The quantitative estimate of drug-likeness (QED) is 0.869. The molecule has 1 saturated carbocycles. The molecule has 0 atom stereocenters. The highest BCUT2D eigenvalue weighted by molar-refractivity contribution is 7.89. The van der Waals surface area contributed by atoms with E-state index < -0.39 is 10.0 Å². The van der Waals surface area contributed by atoms with E-state index in [1.807, 2.05) is 13.8 Å². The van der Waals surface area contributed by atoms with Crippen LogP contribution in [0.2, 0.25) is 0 Å². The van der Waals surface area contributed by atoms with Gasteiger partial charge in [-0.3, -0.25) is 0 Å². The number of rotatable bonds is 4. The van der Waals surface area contributed by atoms with Gasteiger partial charge in [-0.2, -0.15) is 4.31 Å². The molecule has 0 amide bonds. The largest absolute Gasteiger partial charge is 0.399 e. The summed E-state index contributed by atoms with van der Waals surface area (Å²) in [4.78, 5) is 0.352. The third-order valence-electron chi connectivity index (χ3n) is 4.09. The zero-order valence-corrected chi connectivity index (χ0v) is 13.1. The van der Waals surface area contributed by atoms with Crippen LogP contribution in [0.5, 0.6) is 0 Å². The van der Waals surface area contributed by atoms with Crippen LogP contribution in [0.25, 0.3) is 0 Å². The maximum Gasteiger partial charge on any atom is 0.243 e. The van der Waals surface area contributed by atoms with Gasteiger partial charge < -0.3 is 5.73 Å². The predicted octanol–water partition coefficient (Wildman–Crippen LogP) is 2.92. The fourth-order valence-electron chi connectivity index (χ4n) is 3.01. The van der Waals surface area contributed by atoms with E-state index in [-0.39, 0.29) is 6.04 Å². The number of sulfonamides is 1. The van der Waals surface area contributed by atoms with Crippen molar-refractivity contribution in [3.63, 3.8) is 0 Å². The second-order valence-corrected chi connectivity index (χ2v) is 7.38. The van der Waals surface area contributed by atoms with Crippen molar-refractivity contribution in [2.45, 2.75) is 56.9 Å². The van der Waals surface area contributed by atoms with Crippen LogP contribution in [0, 0.1) is 6.92 Å². The number of hydrogen-bond acceptors (Lipinski definition) is 3. The van der Waals surface area contributed by atoms with E-state index in [1.165, 1.54) is 6.42 Å². The summed E-state index contributed by atoms with van der Waals surface area (Å²) in [7, 11) is -3.45. The molecule has 0 spiro atoms. The molecular formula is C15H24N2O2S. The minimum Gasteiger partial charge on any atom is -0.399 e. The summed E-state index contributed by atoms with van der Waals surface area (Å²) in [5.74, 6) is 0. The van der Waals surface area contributed by atoms with Gasteiger partial charge in [0.1, 0.15) is 0 Å². The van der Waals surface area contributed by atoms with Gasteiger partial charge in [0.2, 0.25) is 10.0 Å². The van der Waals surface area contributed by atoms with Crippen molar-refractivity contribution in [2.75, 3.05) is 12.3 Å². The summed E-state index contributed by atoms with van der Waals surface area (Å²) in [5, 5.41) is 0. The third kappa shape index (κ3) is 2.99. The predicted molar refractivity (Wildman–Crippen MR) is 82.0 cm³/mol. The molecule has 0 aromatic heterocycles. The van der Waals surface area contributed by atoms with E-state index in [4.69, 9.17) is 5.73 Å². The summed E-state index contributed by atoms with van der Waals surface area (Å²) in [6.45, 7) is 4.25. The van der Waals surface area contributed by atoms with Gasteiger partial charge in [0.15, 0.2) is 0 Å². The van der Waals surface area contributed by atoms with Gasteiger partial charge in [-0.15, -0.1) is 0 Å². The molecule has 0 unspecified atom stereocenters. The molecule has 0 heterocycles. The summed E-state index contributed by atoms with van der Waals surface area (Å²) < 4.78 is 27.5. The van der Waals surface area contributed by atoms with Crippen LogP contribution < -0.4 is 5.73 Å². The molecule has 1 aliphatic rings. The topological polar surface area (TPSA) is 63.4 Å². The molecule has 1 aromatic rings. The monoisotopic (exact) mass is 296 g/mol. The number of nitrogens with two attached hydrogens (primary N) is 1. The van der Waals surface area contributed by atoms with E-state index in [9.17, 15) is 8.42 Å². The first-order valence-electron chi connectivity index (χ1n) is 7.34. The van der Waals surface area contributed by atoms with Crippen molar-refractivity contribution >= 4 is 15.7 Å². The van der Waals surface area contributed by atoms with Crippen LogP contribution in [0.3, 0.4) is 0 Å². The van der Waals surface area contributed by atoms with Gasteiger partial charge in [0.05, 0.1) is 4.90 Å². The Bertz CT molecular complexity index is 563. The minimum absolute atomic E-state index is 0.139. The zero-order chi connectivity index (χ0) is 14.8. The first kappa shape index (κ1) is 15.3. The second kappa shape index (κ2) is 6.14. The van der Waals surface area contributed by atoms with Gasteiger partial charge in [-0.05, 0) is 37.5 Å². The van der Waals surface area contributed by atoms with Crippen molar-refractivity contribution in [1.82, 2.24) is 4.31 Å². The van der Waals surface area contributed by atoms with Crippen molar-refractivity contribution in [2.24, 2.45) is 0 Å². The Morgan fingerprint density at radius 2 is 1.90 bits per heavy atom. The summed E-state index contributed by atoms with van der Waals surface area (Å²) in [6, 6.07) is 5.23. The Balaban J connectivity index is 2.38. The third-order valence-corrected chi connectivity index (χ3v) is 6.26. The Hall–Kier alpha value is -1.07. The van der Waals surface area contributed by atoms with Gasteiger partial charge >= 0.3 is 0 Å². The molecular weight excluding hydrogens is 272 g/mol. The summed E-state index contributed by atoms with van der Waals surface area (Å²) in [6.07, 6.45) is 5.38. The molecule has 2 rings (SSSR count). The van der Waals surface area contributed by atoms with E-state index in [1.54, 1.807) is 22.5 Å². The van der Waals surface area contributed by atoms with Crippen LogP contribution >= 0.6 is 0 Å². The van der Waals surface area contributed by atoms with E-state index in [0.29, 0.717) is 17.1 Å². The summed E-state index contributed by atoms with van der Waals surface area (Å²) >= 11 is 0. The van der Waals surface area contributed by atoms with Gasteiger partial charge in [-0.1, -0.05) is 32.3 Å². The molecule has 2 N–H and O–H groups in total. The lowest BCUT2D eigenvalue weighted by Gasteiger charge is -2.33. The molecule has 1 fully saturated rings. The first-order chi connectivity index (χ1) is 9.46. The fraction of sp³-hybridized carbons (Fsp3) is 0.600.